The largest absolute Gasteiger partial charge is 0.478 e. The fraction of sp³-hybridized carbons (Fsp3) is 0.0667. The van der Waals surface area contributed by atoms with Crippen molar-refractivity contribution in [2.75, 3.05) is 0 Å². The van der Waals surface area contributed by atoms with Crippen LogP contribution < -0.4 is 4.74 Å². The van der Waals surface area contributed by atoms with Crippen LogP contribution in [0.2, 0.25) is 0 Å². The van der Waals surface area contributed by atoms with Gasteiger partial charge in [0.2, 0.25) is 0 Å². The summed E-state index contributed by atoms with van der Waals surface area (Å²) in [5, 5.41) is 8.92. The number of aromatic nitrogens is 1. The molecular weight excluding hydrogens is 258 g/mol. The predicted octanol–water partition coefficient (Wildman–Crippen LogP) is 3.63. The van der Waals surface area contributed by atoms with Gasteiger partial charge in [-0.05, 0) is 37.3 Å². The number of benzene rings is 2. The molecule has 5 heteroatoms. The van der Waals surface area contributed by atoms with E-state index in [0.29, 0.717) is 16.8 Å². The molecule has 0 saturated carbocycles. The van der Waals surface area contributed by atoms with Crippen molar-refractivity contribution in [1.82, 2.24) is 4.98 Å². The maximum atomic E-state index is 10.9. The first kappa shape index (κ1) is 12.2. The highest BCUT2D eigenvalue weighted by atomic mass is 16.6. The number of ether oxygens (including phenoxy) is 1. The monoisotopic (exact) mass is 269 g/mol. The van der Waals surface area contributed by atoms with Gasteiger partial charge in [0, 0.05) is 0 Å². The molecule has 2 aromatic carbocycles. The Kier molecular flexibility index (Phi) is 2.87. The summed E-state index contributed by atoms with van der Waals surface area (Å²) in [4.78, 5) is 15.0. The van der Waals surface area contributed by atoms with Crippen LogP contribution >= 0.6 is 0 Å². The zero-order valence-electron chi connectivity index (χ0n) is 10.7. The van der Waals surface area contributed by atoms with Crippen LogP contribution in [0.3, 0.4) is 0 Å². The van der Waals surface area contributed by atoms with Crippen molar-refractivity contribution in [2.45, 2.75) is 6.92 Å². The molecule has 3 aromatic rings. The van der Waals surface area contributed by atoms with Crippen molar-refractivity contribution < 1.29 is 19.1 Å². The highest BCUT2D eigenvalue weighted by molar-refractivity contribution is 5.91. The molecule has 0 saturated heterocycles. The van der Waals surface area contributed by atoms with E-state index in [0.717, 1.165) is 5.56 Å². The summed E-state index contributed by atoms with van der Waals surface area (Å²) in [5.41, 5.74) is 2.21. The molecule has 0 bridgehead atoms. The molecule has 1 N–H and O–H groups in total. The molecule has 1 aromatic heterocycles. The molecule has 0 radical (unpaired) electrons. The van der Waals surface area contributed by atoms with Crippen LogP contribution in [0.25, 0.3) is 11.1 Å². The fourth-order valence-corrected chi connectivity index (χ4v) is 1.79. The van der Waals surface area contributed by atoms with Crippen LogP contribution in [0.5, 0.6) is 11.8 Å². The summed E-state index contributed by atoms with van der Waals surface area (Å²) >= 11 is 0. The Labute approximate surface area is 114 Å². The second-order valence-corrected chi connectivity index (χ2v) is 4.38. The molecule has 0 spiro atoms. The number of hydrogen-bond acceptors (Lipinski definition) is 4. The summed E-state index contributed by atoms with van der Waals surface area (Å²) in [5.74, 6) is -0.398. The lowest BCUT2D eigenvalue weighted by Crippen LogP contribution is -1.94. The summed E-state index contributed by atoms with van der Waals surface area (Å²) in [6.45, 7) is 1.98. The van der Waals surface area contributed by atoms with Gasteiger partial charge < -0.3 is 14.3 Å². The minimum Gasteiger partial charge on any atom is -0.478 e. The van der Waals surface area contributed by atoms with Crippen molar-refractivity contribution in [2.24, 2.45) is 0 Å². The van der Waals surface area contributed by atoms with E-state index in [4.69, 9.17) is 14.3 Å². The lowest BCUT2D eigenvalue weighted by atomic mass is 10.2. The molecule has 0 aliphatic carbocycles. The van der Waals surface area contributed by atoms with Crippen LogP contribution in [0.4, 0.5) is 0 Å². The molecule has 20 heavy (non-hydrogen) atoms. The van der Waals surface area contributed by atoms with Gasteiger partial charge in [-0.2, -0.15) is 4.98 Å². The third-order valence-electron chi connectivity index (χ3n) is 2.84. The van der Waals surface area contributed by atoms with Crippen LogP contribution in [-0.2, 0) is 0 Å². The number of carboxylic acids is 1. The Morgan fingerprint density at radius 1 is 1.20 bits per heavy atom. The highest BCUT2D eigenvalue weighted by Crippen LogP contribution is 2.26. The topological polar surface area (TPSA) is 72.6 Å². The molecule has 0 unspecified atom stereocenters. The average molecular weight is 269 g/mol. The molecule has 1 heterocycles. The first-order chi connectivity index (χ1) is 9.61. The number of aryl methyl sites for hydroxylation is 1. The minimum absolute atomic E-state index is 0.0893. The highest BCUT2D eigenvalue weighted by Gasteiger charge is 2.11. The Balaban J connectivity index is 1.92. The molecule has 100 valence electrons. The van der Waals surface area contributed by atoms with Crippen LogP contribution in [0.15, 0.2) is 46.9 Å². The molecule has 0 fully saturated rings. The second kappa shape index (κ2) is 4.70. The van der Waals surface area contributed by atoms with Crippen LogP contribution in [0.1, 0.15) is 15.9 Å². The van der Waals surface area contributed by atoms with Gasteiger partial charge in [0.05, 0.1) is 5.56 Å². The summed E-state index contributed by atoms with van der Waals surface area (Å²) in [7, 11) is 0. The van der Waals surface area contributed by atoms with Crippen LogP contribution in [-0.4, -0.2) is 16.1 Å². The van der Waals surface area contributed by atoms with Crippen molar-refractivity contribution in [3.05, 3.63) is 53.6 Å². The van der Waals surface area contributed by atoms with Crippen LogP contribution in [0, 0.1) is 6.92 Å². The molecule has 0 atom stereocenters. The summed E-state index contributed by atoms with van der Waals surface area (Å²) in [6, 6.07) is 11.9. The van der Waals surface area contributed by atoms with E-state index in [1.54, 1.807) is 6.07 Å². The normalized spacial score (nSPS) is 10.7. The molecule has 3 rings (SSSR count). The van der Waals surface area contributed by atoms with E-state index in [-0.39, 0.29) is 11.6 Å². The van der Waals surface area contributed by atoms with Crippen molar-refractivity contribution in [1.29, 1.82) is 0 Å². The number of rotatable bonds is 3. The third-order valence-corrected chi connectivity index (χ3v) is 2.84. The number of fused-ring (bicyclic) bond motifs is 1. The number of aromatic carboxylic acids is 1. The van der Waals surface area contributed by atoms with Crippen molar-refractivity contribution >= 4 is 17.1 Å². The first-order valence-corrected chi connectivity index (χ1v) is 6.00. The second-order valence-electron chi connectivity index (χ2n) is 4.38. The Hall–Kier alpha value is -2.82. The average Bonchev–Trinajstić information content (AvgIpc) is 2.82. The van der Waals surface area contributed by atoms with E-state index in [9.17, 15) is 4.79 Å². The van der Waals surface area contributed by atoms with Gasteiger partial charge in [0.1, 0.15) is 11.3 Å². The Bertz CT molecular complexity index is 774. The number of hydrogen-bond donors (Lipinski definition) is 1. The predicted molar refractivity (Wildman–Crippen MR) is 72.2 cm³/mol. The summed E-state index contributed by atoms with van der Waals surface area (Å²) < 4.78 is 10.9. The lowest BCUT2D eigenvalue weighted by Gasteiger charge is -1.99. The van der Waals surface area contributed by atoms with Crippen molar-refractivity contribution in [3.63, 3.8) is 0 Å². The van der Waals surface area contributed by atoms with Crippen molar-refractivity contribution in [3.8, 4) is 11.8 Å². The Morgan fingerprint density at radius 3 is 2.65 bits per heavy atom. The third kappa shape index (κ3) is 2.33. The van der Waals surface area contributed by atoms with Gasteiger partial charge in [0.25, 0.3) is 0 Å². The van der Waals surface area contributed by atoms with Gasteiger partial charge in [0.15, 0.2) is 5.58 Å². The maximum Gasteiger partial charge on any atom is 0.400 e. The fourth-order valence-electron chi connectivity index (χ4n) is 1.79. The summed E-state index contributed by atoms with van der Waals surface area (Å²) in [6.07, 6.45) is 0.0893. The van der Waals surface area contributed by atoms with Gasteiger partial charge in [-0.25, -0.2) is 4.79 Å². The van der Waals surface area contributed by atoms with Gasteiger partial charge in [-0.15, -0.1) is 0 Å². The quantitative estimate of drug-likeness (QED) is 0.786. The zero-order chi connectivity index (χ0) is 14.1. The molecular formula is C15H11NO4. The molecule has 0 aliphatic rings. The van der Waals surface area contributed by atoms with Gasteiger partial charge in [-0.3, -0.25) is 0 Å². The van der Waals surface area contributed by atoms with E-state index in [2.05, 4.69) is 4.98 Å². The van der Waals surface area contributed by atoms with E-state index < -0.39 is 5.97 Å². The maximum absolute atomic E-state index is 10.9. The van der Waals surface area contributed by atoms with E-state index in [1.165, 1.54) is 12.1 Å². The molecule has 0 aliphatic heterocycles. The standard InChI is InChI=1S/C15H11NO4/c1-9-2-5-11(6-3-9)19-15-16-12-7-4-10(14(17)18)8-13(12)20-15/h2-8H,1H3,(H,17,18). The van der Waals surface area contributed by atoms with E-state index >= 15 is 0 Å². The lowest BCUT2D eigenvalue weighted by molar-refractivity contribution is 0.0697. The number of nitrogens with zero attached hydrogens (tertiary/aromatic N) is 1. The first-order valence-electron chi connectivity index (χ1n) is 6.00. The number of carbonyl (C=O) groups is 1. The SMILES string of the molecule is Cc1ccc(Oc2nc3ccc(C(=O)O)cc3o2)cc1. The smallest absolute Gasteiger partial charge is 0.400 e. The molecule has 0 amide bonds. The van der Waals surface area contributed by atoms with Gasteiger partial charge in [-0.1, -0.05) is 17.7 Å². The van der Waals surface area contributed by atoms with E-state index in [1.807, 2.05) is 31.2 Å². The Morgan fingerprint density at radius 2 is 1.95 bits per heavy atom. The number of carboxylic acid groups (broad SMARTS) is 1. The number of oxazole rings is 1. The van der Waals surface area contributed by atoms with Gasteiger partial charge >= 0.3 is 12.0 Å². The minimum atomic E-state index is -1.01. The molecule has 5 nitrogen and oxygen atoms in total. The zero-order valence-corrected chi connectivity index (χ0v) is 10.7.